The Morgan fingerprint density at radius 1 is 1.23 bits per heavy atom. The zero-order valence-electron chi connectivity index (χ0n) is 20.3. The van der Waals surface area contributed by atoms with Crippen LogP contribution in [-0.2, 0) is 7.05 Å². The number of aliphatic hydroxyl groups excluding tert-OH is 1. The van der Waals surface area contributed by atoms with Crippen LogP contribution >= 0.6 is 0 Å². The zero-order valence-corrected chi connectivity index (χ0v) is 20.3. The molecule has 0 unspecified atom stereocenters. The van der Waals surface area contributed by atoms with Gasteiger partial charge >= 0.3 is 0 Å². The molecule has 0 atom stereocenters. The molecular weight excluding hydrogens is 442 g/mol. The number of piperidine rings is 1. The fourth-order valence-corrected chi connectivity index (χ4v) is 5.07. The summed E-state index contributed by atoms with van der Waals surface area (Å²) in [5.74, 6) is 0.952. The van der Waals surface area contributed by atoms with Crippen LogP contribution in [0.4, 0.5) is 11.4 Å². The average molecular weight is 472 g/mol. The van der Waals surface area contributed by atoms with Gasteiger partial charge in [0.25, 0.3) is 5.56 Å². The van der Waals surface area contributed by atoms with Crippen molar-refractivity contribution in [3.63, 3.8) is 0 Å². The minimum absolute atomic E-state index is 0.0175. The molecule has 180 valence electrons. The lowest BCUT2D eigenvalue weighted by Crippen LogP contribution is -2.36. The second-order valence-corrected chi connectivity index (χ2v) is 9.32. The highest BCUT2D eigenvalue weighted by Crippen LogP contribution is 2.37. The van der Waals surface area contributed by atoms with Gasteiger partial charge in [0, 0.05) is 43.7 Å². The van der Waals surface area contributed by atoms with Crippen molar-refractivity contribution in [1.82, 2.24) is 9.55 Å². The number of aliphatic hydroxyl groups is 1. The maximum Gasteiger partial charge on any atom is 0.270 e. The first kappa shape index (κ1) is 22.9. The van der Waals surface area contributed by atoms with E-state index in [4.69, 9.17) is 9.40 Å². The Morgan fingerprint density at radius 3 is 2.71 bits per heavy atom. The Balaban J connectivity index is 1.50. The van der Waals surface area contributed by atoms with Gasteiger partial charge in [0.15, 0.2) is 11.5 Å². The topological polar surface area (TPSA) is 107 Å². The van der Waals surface area contributed by atoms with E-state index in [0.29, 0.717) is 25.3 Å². The molecule has 1 saturated heterocycles. The monoisotopic (exact) mass is 471 g/mol. The Hall–Kier alpha value is -3.83. The molecule has 4 aromatic rings. The Morgan fingerprint density at radius 2 is 2.00 bits per heavy atom. The van der Waals surface area contributed by atoms with Gasteiger partial charge < -0.3 is 24.3 Å². The van der Waals surface area contributed by atoms with Crippen LogP contribution in [0.5, 0.6) is 0 Å². The SMILES string of the molecule is Cc1ccc2oc(C3CCN(c4c(C#N)c(=O)n(C)c5cc(NCCO)c(C)cc45)CC3)nc2c1. The number of nitrogens with one attached hydrogen (secondary N) is 1. The van der Waals surface area contributed by atoms with Crippen LogP contribution in [0.15, 0.2) is 39.5 Å². The van der Waals surface area contributed by atoms with Crippen molar-refractivity contribution in [2.24, 2.45) is 7.05 Å². The summed E-state index contributed by atoms with van der Waals surface area (Å²) < 4.78 is 7.59. The summed E-state index contributed by atoms with van der Waals surface area (Å²) >= 11 is 0. The smallest absolute Gasteiger partial charge is 0.270 e. The van der Waals surface area contributed by atoms with E-state index in [1.165, 1.54) is 4.57 Å². The van der Waals surface area contributed by atoms with Crippen LogP contribution in [0.3, 0.4) is 0 Å². The zero-order chi connectivity index (χ0) is 24.7. The van der Waals surface area contributed by atoms with Gasteiger partial charge in [0.1, 0.15) is 17.1 Å². The molecule has 8 heteroatoms. The van der Waals surface area contributed by atoms with Gasteiger partial charge in [0.2, 0.25) is 0 Å². The lowest BCUT2D eigenvalue weighted by atomic mass is 9.95. The van der Waals surface area contributed by atoms with Gasteiger partial charge in [0.05, 0.1) is 17.8 Å². The van der Waals surface area contributed by atoms with E-state index in [9.17, 15) is 15.2 Å². The van der Waals surface area contributed by atoms with Gasteiger partial charge in [-0.3, -0.25) is 4.79 Å². The summed E-state index contributed by atoms with van der Waals surface area (Å²) in [7, 11) is 1.70. The molecular formula is C27H29N5O3. The molecule has 0 saturated carbocycles. The second kappa shape index (κ2) is 9.08. The number of fused-ring (bicyclic) bond motifs is 2. The number of oxazole rings is 1. The number of hydrogen-bond donors (Lipinski definition) is 2. The molecule has 5 rings (SSSR count). The summed E-state index contributed by atoms with van der Waals surface area (Å²) in [6.07, 6.45) is 1.64. The first-order valence-electron chi connectivity index (χ1n) is 12.0. The standard InChI is InChI=1S/C27H29N5O3/c1-16-4-5-24-22(12-16)30-26(35-24)18-6-9-32(10-7-18)25-19-13-17(2)21(29-8-11-33)14-23(19)31(3)27(34)20(25)15-28/h4-5,12-14,18,29,33H,6-11H2,1-3H3. The molecule has 1 fully saturated rings. The van der Waals surface area contributed by atoms with Gasteiger partial charge in [-0.2, -0.15) is 5.26 Å². The number of anilines is 2. The van der Waals surface area contributed by atoms with Crippen molar-refractivity contribution in [2.75, 3.05) is 36.5 Å². The number of benzene rings is 2. The lowest BCUT2D eigenvalue weighted by molar-refractivity contribution is 0.311. The van der Waals surface area contributed by atoms with E-state index in [1.54, 1.807) is 7.05 Å². The lowest BCUT2D eigenvalue weighted by Gasteiger charge is -2.34. The highest BCUT2D eigenvalue weighted by atomic mass is 16.3. The summed E-state index contributed by atoms with van der Waals surface area (Å²) in [6.45, 7) is 5.87. The Bertz CT molecular complexity index is 1520. The van der Waals surface area contributed by atoms with E-state index in [0.717, 1.165) is 57.5 Å². The maximum atomic E-state index is 13.1. The molecule has 1 aliphatic rings. The number of hydrogen-bond acceptors (Lipinski definition) is 7. The van der Waals surface area contributed by atoms with E-state index in [1.807, 2.05) is 44.2 Å². The number of nitriles is 1. The minimum Gasteiger partial charge on any atom is -0.440 e. The third kappa shape index (κ3) is 4.02. The highest BCUT2D eigenvalue weighted by molar-refractivity contribution is 5.97. The van der Waals surface area contributed by atoms with Crippen molar-refractivity contribution >= 4 is 33.4 Å². The molecule has 0 radical (unpaired) electrons. The van der Waals surface area contributed by atoms with Gasteiger partial charge in [-0.15, -0.1) is 0 Å². The first-order valence-corrected chi connectivity index (χ1v) is 12.0. The van der Waals surface area contributed by atoms with E-state index >= 15 is 0 Å². The third-order valence-electron chi connectivity index (χ3n) is 6.97. The van der Waals surface area contributed by atoms with E-state index in [2.05, 4.69) is 16.3 Å². The minimum atomic E-state index is -0.302. The predicted molar refractivity (Wildman–Crippen MR) is 137 cm³/mol. The molecule has 1 aliphatic heterocycles. The quantitative estimate of drug-likeness (QED) is 0.454. The molecule has 0 bridgehead atoms. The summed E-state index contributed by atoms with van der Waals surface area (Å²) in [5.41, 5.74) is 6.02. The Labute approximate surface area is 203 Å². The third-order valence-corrected chi connectivity index (χ3v) is 6.97. The number of rotatable bonds is 5. The summed E-state index contributed by atoms with van der Waals surface area (Å²) in [4.78, 5) is 20.0. The fraction of sp³-hybridized carbons (Fsp3) is 0.370. The number of pyridine rings is 1. The van der Waals surface area contributed by atoms with E-state index < -0.39 is 0 Å². The van der Waals surface area contributed by atoms with Crippen LogP contribution in [0.25, 0.3) is 22.0 Å². The molecule has 2 aromatic heterocycles. The molecule has 2 N–H and O–H groups in total. The predicted octanol–water partition coefficient (Wildman–Crippen LogP) is 3.96. The average Bonchev–Trinajstić information content (AvgIpc) is 3.28. The maximum absolute atomic E-state index is 13.1. The Kier molecular flexibility index (Phi) is 5.95. The van der Waals surface area contributed by atoms with Crippen molar-refractivity contribution in [1.29, 1.82) is 5.26 Å². The van der Waals surface area contributed by atoms with Crippen LogP contribution in [0, 0.1) is 25.2 Å². The summed E-state index contributed by atoms with van der Waals surface area (Å²) in [6, 6.07) is 12.2. The van der Waals surface area contributed by atoms with Gasteiger partial charge in [-0.1, -0.05) is 6.07 Å². The second-order valence-electron chi connectivity index (χ2n) is 9.32. The number of nitrogens with zero attached hydrogens (tertiary/aromatic N) is 4. The van der Waals surface area contributed by atoms with Crippen LogP contribution in [0.2, 0.25) is 0 Å². The molecule has 35 heavy (non-hydrogen) atoms. The largest absolute Gasteiger partial charge is 0.440 e. The fourth-order valence-electron chi connectivity index (χ4n) is 5.07. The highest BCUT2D eigenvalue weighted by Gasteiger charge is 2.28. The normalized spacial score (nSPS) is 14.5. The first-order chi connectivity index (χ1) is 16.9. The summed E-state index contributed by atoms with van der Waals surface area (Å²) in [5, 5.41) is 23.2. The van der Waals surface area contributed by atoms with E-state index in [-0.39, 0.29) is 23.6 Å². The molecule has 8 nitrogen and oxygen atoms in total. The van der Waals surface area contributed by atoms with Gasteiger partial charge in [-0.05, 0) is 62.1 Å². The molecule has 0 spiro atoms. The molecule has 0 amide bonds. The van der Waals surface area contributed by atoms with Crippen molar-refractivity contribution in [2.45, 2.75) is 32.6 Å². The van der Waals surface area contributed by atoms with Crippen molar-refractivity contribution in [3.8, 4) is 6.07 Å². The molecule has 0 aliphatic carbocycles. The number of aromatic nitrogens is 2. The molecule has 2 aromatic carbocycles. The molecule has 3 heterocycles. The van der Waals surface area contributed by atoms with Crippen molar-refractivity contribution in [3.05, 3.63) is 63.3 Å². The van der Waals surface area contributed by atoms with Gasteiger partial charge in [-0.25, -0.2) is 4.98 Å². The van der Waals surface area contributed by atoms with Crippen LogP contribution in [0.1, 0.15) is 41.3 Å². The van der Waals surface area contributed by atoms with Crippen LogP contribution < -0.4 is 15.8 Å². The van der Waals surface area contributed by atoms with Crippen molar-refractivity contribution < 1.29 is 9.52 Å². The number of aryl methyl sites for hydroxylation is 3. The van der Waals surface area contributed by atoms with Crippen LogP contribution in [-0.4, -0.2) is 40.9 Å².